The number of benzene rings is 2. The van der Waals surface area contributed by atoms with Crippen molar-refractivity contribution in [3.8, 4) is 11.5 Å². The number of anilines is 1. The molecule has 1 unspecified atom stereocenters. The number of carbonyl (C=O) groups is 1. The zero-order valence-electron chi connectivity index (χ0n) is 14.4. The molecule has 0 heterocycles. The summed E-state index contributed by atoms with van der Waals surface area (Å²) in [6.07, 6.45) is 0.364. The molecule has 24 heavy (non-hydrogen) atoms. The summed E-state index contributed by atoms with van der Waals surface area (Å²) in [5.41, 5.74) is 2.90. The van der Waals surface area contributed by atoms with Gasteiger partial charge in [0.2, 0.25) is 5.91 Å². The van der Waals surface area contributed by atoms with Crippen LogP contribution in [0.4, 0.5) is 5.69 Å². The normalized spacial score (nSPS) is 11.7. The van der Waals surface area contributed by atoms with Gasteiger partial charge in [-0.2, -0.15) is 0 Å². The number of nitrogens with one attached hydrogen (secondary N) is 1. The van der Waals surface area contributed by atoms with E-state index in [-0.39, 0.29) is 11.8 Å². The fraction of sp³-hybridized carbons (Fsp3) is 0.316. The van der Waals surface area contributed by atoms with Gasteiger partial charge in [-0.15, -0.1) is 0 Å². The van der Waals surface area contributed by atoms with E-state index < -0.39 is 0 Å². The number of hydrogen-bond donors (Lipinski definition) is 1. The third-order valence-corrected chi connectivity index (χ3v) is 4.52. The lowest BCUT2D eigenvalue weighted by molar-refractivity contribution is -0.116. The lowest BCUT2D eigenvalue weighted by atomic mass is 9.96. The fourth-order valence-electron chi connectivity index (χ4n) is 2.54. The van der Waals surface area contributed by atoms with E-state index in [1.807, 2.05) is 50.2 Å². The Morgan fingerprint density at radius 3 is 2.54 bits per heavy atom. The quantitative estimate of drug-likeness (QED) is 0.760. The van der Waals surface area contributed by atoms with Crippen LogP contribution in [0.1, 0.15) is 30.4 Å². The van der Waals surface area contributed by atoms with Gasteiger partial charge in [0.1, 0.15) is 11.5 Å². The summed E-state index contributed by atoms with van der Waals surface area (Å²) >= 11 is 3.48. The van der Waals surface area contributed by atoms with Crippen LogP contribution in [0.5, 0.6) is 11.5 Å². The lowest BCUT2D eigenvalue weighted by Gasteiger charge is -2.17. The molecule has 2 aromatic carbocycles. The first-order chi connectivity index (χ1) is 11.4. The zero-order valence-corrected chi connectivity index (χ0v) is 15.9. The molecule has 0 saturated carbocycles. The second-order valence-corrected chi connectivity index (χ2v) is 6.60. The van der Waals surface area contributed by atoms with Crippen LogP contribution in [0, 0.1) is 6.92 Å². The highest BCUT2D eigenvalue weighted by atomic mass is 79.9. The Kier molecular flexibility index (Phi) is 6.26. The van der Waals surface area contributed by atoms with E-state index in [0.717, 1.165) is 32.8 Å². The molecule has 1 amide bonds. The first-order valence-corrected chi connectivity index (χ1v) is 8.51. The smallest absolute Gasteiger partial charge is 0.225 e. The van der Waals surface area contributed by atoms with Gasteiger partial charge in [-0.25, -0.2) is 0 Å². The number of amides is 1. The van der Waals surface area contributed by atoms with Crippen LogP contribution < -0.4 is 14.8 Å². The van der Waals surface area contributed by atoms with Crippen molar-refractivity contribution < 1.29 is 14.3 Å². The van der Waals surface area contributed by atoms with E-state index in [1.165, 1.54) is 0 Å². The van der Waals surface area contributed by atoms with Gasteiger partial charge in [0, 0.05) is 17.0 Å². The van der Waals surface area contributed by atoms with E-state index in [0.29, 0.717) is 6.42 Å². The molecule has 0 fully saturated rings. The van der Waals surface area contributed by atoms with Crippen LogP contribution in [-0.4, -0.2) is 20.1 Å². The molecule has 4 nitrogen and oxygen atoms in total. The number of rotatable bonds is 6. The number of hydrogen-bond acceptors (Lipinski definition) is 3. The molecule has 0 aromatic heterocycles. The minimum Gasteiger partial charge on any atom is -0.497 e. The van der Waals surface area contributed by atoms with Gasteiger partial charge in [0.05, 0.1) is 19.9 Å². The summed E-state index contributed by atoms with van der Waals surface area (Å²) in [5.74, 6) is 1.45. The molecular formula is C19H22BrNO3. The lowest BCUT2D eigenvalue weighted by Crippen LogP contribution is -2.15. The highest BCUT2D eigenvalue weighted by Crippen LogP contribution is 2.32. The van der Waals surface area contributed by atoms with Crippen molar-refractivity contribution >= 4 is 27.5 Å². The maximum atomic E-state index is 12.4. The summed E-state index contributed by atoms with van der Waals surface area (Å²) in [4.78, 5) is 12.4. The largest absolute Gasteiger partial charge is 0.497 e. The summed E-state index contributed by atoms with van der Waals surface area (Å²) in [5, 5.41) is 2.95. The third-order valence-electron chi connectivity index (χ3n) is 3.86. The highest BCUT2D eigenvalue weighted by molar-refractivity contribution is 9.10. The molecule has 2 rings (SSSR count). The van der Waals surface area contributed by atoms with Crippen LogP contribution in [0.3, 0.4) is 0 Å². The monoisotopic (exact) mass is 391 g/mol. The molecule has 0 aliphatic heterocycles. The fourth-order valence-corrected chi connectivity index (χ4v) is 3.13. The number of halogens is 1. The van der Waals surface area contributed by atoms with Crippen molar-refractivity contribution in [3.05, 3.63) is 52.0 Å². The molecule has 5 heteroatoms. The molecule has 2 aromatic rings. The molecule has 0 radical (unpaired) electrons. The number of aryl methyl sites for hydroxylation is 1. The molecule has 0 aliphatic rings. The average Bonchev–Trinajstić information content (AvgIpc) is 2.56. The standard InChI is InChI=1S/C19H22BrNO3/c1-12-5-8-17(16(20)9-12)21-19(22)10-13(2)15-7-6-14(23-3)11-18(15)24-4/h5-9,11,13H,10H2,1-4H3,(H,21,22). The maximum absolute atomic E-state index is 12.4. The SMILES string of the molecule is COc1ccc(C(C)CC(=O)Nc2ccc(C)cc2Br)c(OC)c1. The van der Waals surface area contributed by atoms with Crippen LogP contribution in [0.15, 0.2) is 40.9 Å². The number of carbonyl (C=O) groups excluding carboxylic acids is 1. The van der Waals surface area contributed by atoms with Crippen molar-refractivity contribution in [1.29, 1.82) is 0 Å². The van der Waals surface area contributed by atoms with Crippen LogP contribution in [-0.2, 0) is 4.79 Å². The third kappa shape index (κ3) is 4.51. The second-order valence-electron chi connectivity index (χ2n) is 5.74. The first-order valence-electron chi connectivity index (χ1n) is 7.72. The van der Waals surface area contributed by atoms with Crippen molar-refractivity contribution in [3.63, 3.8) is 0 Å². The molecule has 0 saturated heterocycles. The van der Waals surface area contributed by atoms with E-state index in [9.17, 15) is 4.79 Å². The Balaban J connectivity index is 2.08. The summed E-state index contributed by atoms with van der Waals surface area (Å²) in [6, 6.07) is 11.5. The Bertz CT molecular complexity index is 731. The molecule has 1 atom stereocenters. The maximum Gasteiger partial charge on any atom is 0.225 e. The van der Waals surface area contributed by atoms with Gasteiger partial charge >= 0.3 is 0 Å². The molecule has 0 aliphatic carbocycles. The highest BCUT2D eigenvalue weighted by Gasteiger charge is 2.17. The second kappa shape index (κ2) is 8.20. The van der Waals surface area contributed by atoms with Crippen LogP contribution in [0.2, 0.25) is 0 Å². The average molecular weight is 392 g/mol. The zero-order chi connectivity index (χ0) is 17.7. The van der Waals surface area contributed by atoms with Gasteiger partial charge < -0.3 is 14.8 Å². The van der Waals surface area contributed by atoms with Gasteiger partial charge in [-0.1, -0.05) is 19.1 Å². The Morgan fingerprint density at radius 2 is 1.92 bits per heavy atom. The van der Waals surface area contributed by atoms with Gasteiger partial charge in [-0.05, 0) is 58.1 Å². The predicted octanol–water partition coefficient (Wildman–Crippen LogP) is 4.91. The Labute approximate surface area is 151 Å². The minimum absolute atomic E-state index is 0.0232. The van der Waals surface area contributed by atoms with Crippen LogP contribution >= 0.6 is 15.9 Å². The van der Waals surface area contributed by atoms with Gasteiger partial charge in [0.25, 0.3) is 0 Å². The Morgan fingerprint density at radius 1 is 1.17 bits per heavy atom. The van der Waals surface area contributed by atoms with E-state index in [1.54, 1.807) is 14.2 Å². The molecule has 0 spiro atoms. The van der Waals surface area contributed by atoms with Crippen molar-refractivity contribution in [2.45, 2.75) is 26.2 Å². The number of methoxy groups -OCH3 is 2. The molecule has 0 bridgehead atoms. The molecule has 128 valence electrons. The van der Waals surface area contributed by atoms with Crippen LogP contribution in [0.25, 0.3) is 0 Å². The summed E-state index contributed by atoms with van der Waals surface area (Å²) in [6.45, 7) is 4.02. The topological polar surface area (TPSA) is 47.6 Å². The van der Waals surface area contributed by atoms with Gasteiger partial charge in [0.15, 0.2) is 0 Å². The van der Waals surface area contributed by atoms with Crippen molar-refractivity contribution in [2.24, 2.45) is 0 Å². The molecular weight excluding hydrogens is 370 g/mol. The number of ether oxygens (including phenoxy) is 2. The first kappa shape index (κ1) is 18.3. The van der Waals surface area contributed by atoms with Crippen molar-refractivity contribution in [1.82, 2.24) is 0 Å². The van der Waals surface area contributed by atoms with E-state index in [2.05, 4.69) is 21.2 Å². The minimum atomic E-state index is -0.0371. The van der Waals surface area contributed by atoms with E-state index >= 15 is 0 Å². The Hall–Kier alpha value is -2.01. The molecule has 1 N–H and O–H groups in total. The van der Waals surface area contributed by atoms with E-state index in [4.69, 9.17) is 9.47 Å². The summed E-state index contributed by atoms with van der Waals surface area (Å²) in [7, 11) is 3.24. The summed E-state index contributed by atoms with van der Waals surface area (Å²) < 4.78 is 11.5. The van der Waals surface area contributed by atoms with Gasteiger partial charge in [-0.3, -0.25) is 4.79 Å². The van der Waals surface area contributed by atoms with Crippen molar-refractivity contribution in [2.75, 3.05) is 19.5 Å². The predicted molar refractivity (Wildman–Crippen MR) is 100 cm³/mol.